The molecule has 24 heavy (non-hydrogen) atoms. The van der Waals surface area contributed by atoms with E-state index in [0.29, 0.717) is 28.5 Å². The molecule has 4 rings (SSSR count). The predicted molar refractivity (Wildman–Crippen MR) is 86.8 cm³/mol. The lowest BCUT2D eigenvalue weighted by molar-refractivity contribution is 0.0587. The monoisotopic (exact) mass is 323 g/mol. The van der Waals surface area contributed by atoms with Crippen molar-refractivity contribution < 1.29 is 9.59 Å². The van der Waals surface area contributed by atoms with Gasteiger partial charge in [0.2, 0.25) is 0 Å². The Morgan fingerprint density at radius 1 is 1.00 bits per heavy atom. The number of nitrogens with zero attached hydrogens (tertiary/aromatic N) is 4. The topological polar surface area (TPSA) is 83.4 Å². The first-order chi connectivity index (χ1) is 11.5. The molecule has 1 atom stereocenters. The maximum absolute atomic E-state index is 12.6. The number of hydrogen-bond acceptors (Lipinski definition) is 4. The Hall–Kier alpha value is -2.96. The Balaban J connectivity index is 1.76. The number of hydrogen-bond donors (Lipinski definition) is 1. The molecule has 7 nitrogen and oxygen atoms in total. The fourth-order valence-electron chi connectivity index (χ4n) is 3.06. The third-order valence-corrected chi connectivity index (χ3v) is 4.45. The maximum Gasteiger partial charge on any atom is 0.262 e. The van der Waals surface area contributed by atoms with Crippen molar-refractivity contribution in [1.29, 1.82) is 0 Å². The second kappa shape index (κ2) is 5.02. The fourth-order valence-corrected chi connectivity index (χ4v) is 3.06. The maximum atomic E-state index is 12.6. The summed E-state index contributed by atoms with van der Waals surface area (Å²) in [5, 5.41) is 11.6. The molecule has 0 saturated carbocycles. The van der Waals surface area contributed by atoms with Gasteiger partial charge in [0, 0.05) is 11.8 Å². The van der Waals surface area contributed by atoms with E-state index >= 15 is 0 Å². The van der Waals surface area contributed by atoms with Crippen molar-refractivity contribution >= 4 is 17.5 Å². The van der Waals surface area contributed by atoms with Crippen LogP contribution in [0.3, 0.4) is 0 Å². The van der Waals surface area contributed by atoms with E-state index in [0.717, 1.165) is 5.69 Å². The second-order valence-corrected chi connectivity index (χ2v) is 6.32. The van der Waals surface area contributed by atoms with Crippen molar-refractivity contribution in [3.8, 4) is 0 Å². The van der Waals surface area contributed by atoms with Crippen molar-refractivity contribution in [3.05, 3.63) is 53.0 Å². The minimum Gasteiger partial charge on any atom is -0.295 e. The molecule has 0 bridgehead atoms. The van der Waals surface area contributed by atoms with Crippen LogP contribution in [0.4, 0.5) is 0 Å². The highest BCUT2D eigenvalue weighted by atomic mass is 16.2. The van der Waals surface area contributed by atoms with Gasteiger partial charge in [-0.15, -0.1) is 10.2 Å². The highest BCUT2D eigenvalue weighted by molar-refractivity contribution is 6.21. The largest absolute Gasteiger partial charge is 0.295 e. The van der Waals surface area contributed by atoms with Crippen LogP contribution in [0.25, 0.3) is 5.65 Å². The summed E-state index contributed by atoms with van der Waals surface area (Å²) in [4.78, 5) is 26.5. The number of rotatable bonds is 3. The molecular formula is C17H17N5O2. The van der Waals surface area contributed by atoms with E-state index in [9.17, 15) is 9.59 Å². The van der Waals surface area contributed by atoms with Gasteiger partial charge in [0.25, 0.3) is 11.8 Å². The summed E-state index contributed by atoms with van der Waals surface area (Å²) in [6.45, 7) is 5.94. The Kier molecular flexibility index (Phi) is 3.06. The van der Waals surface area contributed by atoms with Gasteiger partial charge in [-0.25, -0.2) is 4.52 Å². The number of H-pyrrole nitrogens is 1. The van der Waals surface area contributed by atoms with Crippen LogP contribution in [0.2, 0.25) is 0 Å². The summed E-state index contributed by atoms with van der Waals surface area (Å²) in [6.07, 6.45) is 0. The van der Waals surface area contributed by atoms with Gasteiger partial charge < -0.3 is 0 Å². The summed E-state index contributed by atoms with van der Waals surface area (Å²) < 4.78 is 1.74. The second-order valence-electron chi connectivity index (χ2n) is 6.32. The molecule has 3 aromatic rings. The summed E-state index contributed by atoms with van der Waals surface area (Å²) in [5.41, 5.74) is 2.57. The fraction of sp³-hybridized carbons (Fsp3) is 0.294. The number of amides is 2. The molecule has 1 unspecified atom stereocenters. The molecule has 0 spiro atoms. The molecule has 0 fully saturated rings. The van der Waals surface area contributed by atoms with Gasteiger partial charge in [-0.1, -0.05) is 26.0 Å². The number of nitrogens with one attached hydrogen (secondary N) is 1. The molecular weight excluding hydrogens is 306 g/mol. The highest BCUT2D eigenvalue weighted by Crippen LogP contribution is 2.30. The predicted octanol–water partition coefficient (Wildman–Crippen LogP) is 2.54. The zero-order valence-electron chi connectivity index (χ0n) is 13.6. The lowest BCUT2D eigenvalue weighted by Crippen LogP contribution is -2.33. The van der Waals surface area contributed by atoms with E-state index in [2.05, 4.69) is 29.1 Å². The van der Waals surface area contributed by atoms with Crippen molar-refractivity contribution in [2.45, 2.75) is 32.7 Å². The van der Waals surface area contributed by atoms with Gasteiger partial charge in [-0.2, -0.15) is 0 Å². The molecule has 0 radical (unpaired) electrons. The van der Waals surface area contributed by atoms with Gasteiger partial charge in [-0.3, -0.25) is 19.6 Å². The van der Waals surface area contributed by atoms with Crippen LogP contribution in [0.5, 0.6) is 0 Å². The Bertz CT molecular complexity index is 933. The highest BCUT2D eigenvalue weighted by Gasteiger charge is 2.40. The van der Waals surface area contributed by atoms with Gasteiger partial charge in [0.05, 0.1) is 17.2 Å². The first-order valence-electron chi connectivity index (χ1n) is 7.90. The lowest BCUT2D eigenvalue weighted by atomic mass is 10.1. The molecule has 122 valence electrons. The third kappa shape index (κ3) is 1.90. The van der Waals surface area contributed by atoms with Gasteiger partial charge >= 0.3 is 0 Å². The summed E-state index contributed by atoms with van der Waals surface area (Å²) in [7, 11) is 0. The minimum absolute atomic E-state index is 0.296. The molecule has 7 heteroatoms. The van der Waals surface area contributed by atoms with Gasteiger partial charge in [0.15, 0.2) is 11.5 Å². The van der Waals surface area contributed by atoms with E-state index in [-0.39, 0.29) is 11.8 Å². The van der Waals surface area contributed by atoms with Gasteiger partial charge in [-0.05, 0) is 25.0 Å². The van der Waals surface area contributed by atoms with Gasteiger partial charge in [0.1, 0.15) is 0 Å². The lowest BCUT2D eigenvalue weighted by Gasteiger charge is -2.20. The van der Waals surface area contributed by atoms with Crippen LogP contribution in [0, 0.1) is 0 Å². The first-order valence-corrected chi connectivity index (χ1v) is 7.90. The molecule has 2 aromatic heterocycles. The number of aromatic nitrogens is 4. The minimum atomic E-state index is -0.522. The van der Waals surface area contributed by atoms with Crippen LogP contribution in [0.15, 0.2) is 30.3 Å². The Labute approximate surface area is 138 Å². The molecule has 1 aromatic carbocycles. The van der Waals surface area contributed by atoms with E-state index in [1.165, 1.54) is 4.90 Å². The summed E-state index contributed by atoms with van der Waals surface area (Å²) in [6, 6.07) is 8.27. The molecule has 1 N–H and O–H groups in total. The average molecular weight is 323 g/mol. The van der Waals surface area contributed by atoms with E-state index in [1.807, 2.05) is 6.07 Å². The molecule has 0 saturated heterocycles. The van der Waals surface area contributed by atoms with E-state index < -0.39 is 6.04 Å². The number of carbonyl (C=O) groups is 2. The third-order valence-electron chi connectivity index (χ3n) is 4.45. The average Bonchev–Trinajstić information content (AvgIpc) is 3.20. The standard InChI is InChI=1S/C17H17N5O2/c1-9(2)13-8-14-18-19-15(22(14)20-13)10(3)21-16(23)11-6-4-5-7-12(11)17(21)24/h4-10,20H,1-3H3. The number of aromatic amines is 1. The first kappa shape index (κ1) is 14.6. The van der Waals surface area contributed by atoms with Crippen molar-refractivity contribution in [2.24, 2.45) is 0 Å². The molecule has 1 aliphatic rings. The zero-order valence-corrected chi connectivity index (χ0v) is 13.6. The normalized spacial score (nSPS) is 15.6. The number of imide groups is 1. The smallest absolute Gasteiger partial charge is 0.262 e. The van der Waals surface area contributed by atoms with Crippen molar-refractivity contribution in [1.82, 2.24) is 24.7 Å². The van der Waals surface area contributed by atoms with Crippen molar-refractivity contribution in [3.63, 3.8) is 0 Å². The quantitative estimate of drug-likeness (QED) is 0.751. The number of carbonyl (C=O) groups excluding carboxylic acids is 2. The zero-order chi connectivity index (χ0) is 17.0. The summed E-state index contributed by atoms with van der Waals surface area (Å²) >= 11 is 0. The number of benzene rings is 1. The van der Waals surface area contributed by atoms with E-state index in [1.54, 1.807) is 35.7 Å². The molecule has 2 amide bonds. The van der Waals surface area contributed by atoms with E-state index in [4.69, 9.17) is 0 Å². The van der Waals surface area contributed by atoms with Crippen LogP contribution in [-0.4, -0.2) is 36.5 Å². The molecule has 3 heterocycles. The Morgan fingerprint density at radius 3 is 2.21 bits per heavy atom. The van der Waals surface area contributed by atoms with Crippen LogP contribution in [0.1, 0.15) is 65.0 Å². The van der Waals surface area contributed by atoms with Crippen molar-refractivity contribution in [2.75, 3.05) is 0 Å². The molecule has 1 aliphatic heterocycles. The SMILES string of the molecule is CC(C)c1cc2nnc(C(C)N3C(=O)c4ccccc4C3=O)n2[nH]1. The summed E-state index contributed by atoms with van der Waals surface area (Å²) in [5.74, 6) is 0.256. The molecule has 0 aliphatic carbocycles. The Morgan fingerprint density at radius 2 is 1.62 bits per heavy atom. The van der Waals surface area contributed by atoms with Crippen LogP contribution in [-0.2, 0) is 0 Å². The number of fused-ring (bicyclic) bond motifs is 2. The van der Waals surface area contributed by atoms with Crippen LogP contribution < -0.4 is 0 Å². The van der Waals surface area contributed by atoms with Crippen LogP contribution >= 0.6 is 0 Å².